The van der Waals surface area contributed by atoms with E-state index < -0.39 is 6.68 Å². The largest absolute Gasteiger partial charge is 0.508 e. The molecule has 0 unspecified atom stereocenters. The number of thiol groups is 1. The molecule has 0 heterocycles. The van der Waals surface area contributed by atoms with Crippen LogP contribution in [0.4, 0.5) is 13.2 Å². The van der Waals surface area contributed by atoms with Gasteiger partial charge in [0.05, 0.1) is 0 Å². The van der Waals surface area contributed by atoms with Gasteiger partial charge in [0.2, 0.25) is 0 Å². The second-order valence-corrected chi connectivity index (χ2v) is 2.28. The summed E-state index contributed by atoms with van der Waals surface area (Å²) in [5, 5.41) is 8.72. The zero-order valence-electron chi connectivity index (χ0n) is 5.92. The van der Waals surface area contributed by atoms with Gasteiger partial charge < -0.3 is 5.11 Å². The number of rotatable bonds is 0. The van der Waals surface area contributed by atoms with Crippen molar-refractivity contribution < 1.29 is 18.3 Å². The predicted molar refractivity (Wildman–Crippen MR) is 42.5 cm³/mol. The van der Waals surface area contributed by atoms with Crippen LogP contribution in [0.3, 0.4) is 0 Å². The van der Waals surface area contributed by atoms with Gasteiger partial charge in [-0.1, -0.05) is 0 Å². The molecule has 0 saturated heterocycles. The number of benzene rings is 1. The molecule has 0 aliphatic rings. The monoisotopic (exact) mass is 196 g/mol. The lowest BCUT2D eigenvalue weighted by atomic mass is 10.3. The fourth-order valence-electron chi connectivity index (χ4n) is 0.453. The van der Waals surface area contributed by atoms with Crippen LogP contribution in [-0.2, 0) is 0 Å². The SMILES string of the molecule is FC(F)F.Oc1ccc(S)cc1. The summed E-state index contributed by atoms with van der Waals surface area (Å²) >= 11 is 4.02. The Kier molecular flexibility index (Phi) is 5.36. The van der Waals surface area contributed by atoms with E-state index in [2.05, 4.69) is 12.6 Å². The van der Waals surface area contributed by atoms with Gasteiger partial charge in [-0.15, -0.1) is 12.6 Å². The number of alkyl halides is 3. The third-order valence-electron chi connectivity index (χ3n) is 0.850. The Labute approximate surface area is 73.2 Å². The summed E-state index contributed by atoms with van der Waals surface area (Å²) in [6, 6.07) is 6.67. The number of hydrogen-bond donors (Lipinski definition) is 2. The lowest BCUT2D eigenvalue weighted by Gasteiger charge is -1.88. The maximum absolute atomic E-state index is 9.67. The molecule has 0 radical (unpaired) electrons. The fourth-order valence-corrected chi connectivity index (χ4v) is 0.602. The quantitative estimate of drug-likeness (QED) is 0.611. The van der Waals surface area contributed by atoms with Crippen molar-refractivity contribution in [1.29, 1.82) is 0 Å². The van der Waals surface area contributed by atoms with E-state index in [9.17, 15) is 13.2 Å². The molecule has 1 aromatic carbocycles. The molecular formula is C7H7F3OS. The molecule has 0 amide bonds. The van der Waals surface area contributed by atoms with E-state index in [1.54, 1.807) is 24.3 Å². The normalized spacial score (nSPS) is 9.08. The molecule has 1 rings (SSSR count). The minimum Gasteiger partial charge on any atom is -0.508 e. The van der Waals surface area contributed by atoms with Crippen molar-refractivity contribution in [3.8, 4) is 5.75 Å². The molecule has 12 heavy (non-hydrogen) atoms. The Bertz CT molecular complexity index is 189. The van der Waals surface area contributed by atoms with E-state index in [1.165, 1.54) is 0 Å². The highest BCUT2D eigenvalue weighted by Crippen LogP contribution is 2.11. The Morgan fingerprint density at radius 1 is 1.08 bits per heavy atom. The van der Waals surface area contributed by atoms with E-state index in [-0.39, 0.29) is 5.75 Å². The molecule has 1 aromatic rings. The van der Waals surface area contributed by atoms with Crippen LogP contribution < -0.4 is 0 Å². The Morgan fingerprint density at radius 2 is 1.42 bits per heavy atom. The molecule has 0 aliphatic carbocycles. The first-order valence-corrected chi connectivity index (χ1v) is 3.37. The van der Waals surface area contributed by atoms with Gasteiger partial charge in [-0.3, -0.25) is 0 Å². The van der Waals surface area contributed by atoms with Gasteiger partial charge in [-0.25, -0.2) is 0 Å². The van der Waals surface area contributed by atoms with Gasteiger partial charge in [0.1, 0.15) is 5.75 Å². The molecule has 0 bridgehead atoms. The second-order valence-electron chi connectivity index (χ2n) is 1.76. The van der Waals surface area contributed by atoms with E-state index in [4.69, 9.17) is 5.11 Å². The fraction of sp³-hybridized carbons (Fsp3) is 0.143. The minimum absolute atomic E-state index is 0.280. The molecule has 0 aromatic heterocycles. The standard InChI is InChI=1S/C6H6OS.CHF3/c7-5-1-3-6(8)4-2-5;2-1(3)4/h1-4,7-8H;1H. The first-order valence-electron chi connectivity index (χ1n) is 2.92. The predicted octanol–water partition coefficient (Wildman–Crippen LogP) is 2.86. The Morgan fingerprint density at radius 3 is 1.67 bits per heavy atom. The molecule has 1 N–H and O–H groups in total. The van der Waals surface area contributed by atoms with Crippen molar-refractivity contribution in [3.63, 3.8) is 0 Å². The topological polar surface area (TPSA) is 20.2 Å². The summed E-state index contributed by atoms with van der Waals surface area (Å²) in [7, 11) is 0. The molecule has 0 fully saturated rings. The highest BCUT2D eigenvalue weighted by molar-refractivity contribution is 7.80. The van der Waals surface area contributed by atoms with Crippen LogP contribution in [0.15, 0.2) is 29.2 Å². The van der Waals surface area contributed by atoms with Crippen LogP contribution in [0.5, 0.6) is 5.75 Å². The van der Waals surface area contributed by atoms with Gasteiger partial charge in [0.25, 0.3) is 0 Å². The summed E-state index contributed by atoms with van der Waals surface area (Å²) in [6.07, 6.45) is 0. The van der Waals surface area contributed by atoms with Crippen LogP contribution >= 0.6 is 12.6 Å². The first kappa shape index (κ1) is 11.2. The third-order valence-corrected chi connectivity index (χ3v) is 1.15. The Balaban J connectivity index is 0.000000261. The zero-order chi connectivity index (χ0) is 9.56. The summed E-state index contributed by atoms with van der Waals surface area (Å²) in [6.45, 7) is -3.67. The average Bonchev–Trinajstić information content (AvgIpc) is 1.94. The maximum atomic E-state index is 9.67. The second kappa shape index (κ2) is 5.77. The van der Waals surface area contributed by atoms with E-state index in [0.29, 0.717) is 0 Å². The maximum Gasteiger partial charge on any atom is 0.379 e. The van der Waals surface area contributed by atoms with Crippen LogP contribution in [0.2, 0.25) is 0 Å². The highest BCUT2D eigenvalue weighted by Gasteiger charge is 1.86. The van der Waals surface area contributed by atoms with Crippen LogP contribution in [-0.4, -0.2) is 11.8 Å². The summed E-state index contributed by atoms with van der Waals surface area (Å²) < 4.78 is 29.0. The number of phenolic OH excluding ortho intramolecular Hbond substituents is 1. The summed E-state index contributed by atoms with van der Waals surface area (Å²) in [5.74, 6) is 0.280. The van der Waals surface area contributed by atoms with Crippen LogP contribution in [0.25, 0.3) is 0 Å². The molecule has 0 spiro atoms. The average molecular weight is 196 g/mol. The molecule has 68 valence electrons. The van der Waals surface area contributed by atoms with Gasteiger partial charge in [-0.2, -0.15) is 13.2 Å². The summed E-state index contributed by atoms with van der Waals surface area (Å²) in [5.41, 5.74) is 0. The number of hydrogen-bond acceptors (Lipinski definition) is 2. The molecule has 5 heteroatoms. The first-order chi connectivity index (χ1) is 5.52. The third kappa shape index (κ3) is 7.27. The van der Waals surface area contributed by atoms with Crippen molar-refractivity contribution in [3.05, 3.63) is 24.3 Å². The van der Waals surface area contributed by atoms with Crippen molar-refractivity contribution >= 4 is 12.6 Å². The van der Waals surface area contributed by atoms with Gasteiger partial charge >= 0.3 is 6.68 Å². The van der Waals surface area contributed by atoms with Crippen LogP contribution in [0.1, 0.15) is 0 Å². The molecule has 1 nitrogen and oxygen atoms in total. The van der Waals surface area contributed by atoms with Crippen molar-refractivity contribution in [1.82, 2.24) is 0 Å². The molecule has 0 aliphatic heterocycles. The Hall–Kier alpha value is -0.840. The van der Waals surface area contributed by atoms with Crippen molar-refractivity contribution in [2.24, 2.45) is 0 Å². The number of aromatic hydroxyl groups is 1. The number of halogens is 3. The smallest absolute Gasteiger partial charge is 0.379 e. The van der Waals surface area contributed by atoms with Crippen molar-refractivity contribution in [2.75, 3.05) is 0 Å². The van der Waals surface area contributed by atoms with Gasteiger partial charge in [0.15, 0.2) is 0 Å². The van der Waals surface area contributed by atoms with Gasteiger partial charge in [0, 0.05) is 4.90 Å². The summed E-state index contributed by atoms with van der Waals surface area (Å²) in [4.78, 5) is 0.864. The number of phenols is 1. The minimum atomic E-state index is -3.67. The zero-order valence-corrected chi connectivity index (χ0v) is 6.81. The van der Waals surface area contributed by atoms with E-state index >= 15 is 0 Å². The van der Waals surface area contributed by atoms with Gasteiger partial charge in [-0.05, 0) is 24.3 Å². The van der Waals surface area contributed by atoms with Crippen molar-refractivity contribution in [2.45, 2.75) is 11.6 Å². The molecule has 0 atom stereocenters. The van der Waals surface area contributed by atoms with E-state index in [1.807, 2.05) is 0 Å². The highest BCUT2D eigenvalue weighted by atomic mass is 32.1. The molecular weight excluding hydrogens is 189 g/mol. The van der Waals surface area contributed by atoms with Crippen LogP contribution in [0, 0.1) is 0 Å². The molecule has 0 saturated carbocycles. The van der Waals surface area contributed by atoms with E-state index in [0.717, 1.165) is 4.90 Å². The lowest BCUT2D eigenvalue weighted by molar-refractivity contribution is 0.00819. The lowest BCUT2D eigenvalue weighted by Crippen LogP contribution is -1.65.